The molecule has 5 nitrogen and oxygen atoms in total. The number of likely N-dealkylation sites (tertiary alicyclic amines) is 1. The van der Waals surface area contributed by atoms with E-state index in [-0.39, 0.29) is 0 Å². The van der Waals surface area contributed by atoms with Crippen molar-refractivity contribution >= 4 is 28.2 Å². The first kappa shape index (κ1) is 29.0. The minimum Gasteiger partial charge on any atom is -0.381 e. The van der Waals surface area contributed by atoms with Crippen molar-refractivity contribution in [2.75, 3.05) is 50.0 Å². The topological polar surface area (TPSA) is 40.4 Å². The highest BCUT2D eigenvalue weighted by atomic mass is 32.2. The van der Waals surface area contributed by atoms with Crippen LogP contribution in [0.5, 0.6) is 0 Å². The third-order valence-electron chi connectivity index (χ3n) is 7.24. The number of nitrogens with zero attached hydrogens (tertiary/aromatic N) is 4. The predicted octanol–water partition coefficient (Wildman–Crippen LogP) is 6.59. The number of ether oxygens (including phenoxy) is 1. The van der Waals surface area contributed by atoms with Crippen LogP contribution >= 0.6 is 11.8 Å². The number of rotatable bonds is 7. The van der Waals surface area contributed by atoms with E-state index in [0.717, 1.165) is 87.3 Å². The summed E-state index contributed by atoms with van der Waals surface area (Å²) in [4.78, 5) is 4.81. The summed E-state index contributed by atoms with van der Waals surface area (Å²) in [6.07, 6.45) is -0.0310. The van der Waals surface area contributed by atoms with Crippen molar-refractivity contribution in [1.29, 1.82) is 0 Å². The van der Waals surface area contributed by atoms with Crippen LogP contribution < -0.4 is 4.90 Å². The Morgan fingerprint density at radius 3 is 2.39 bits per heavy atom. The second-order valence-corrected chi connectivity index (χ2v) is 10.9. The van der Waals surface area contributed by atoms with Crippen LogP contribution in [0.1, 0.15) is 58.9 Å². The highest BCUT2D eigenvalue weighted by Gasteiger charge is 2.41. The predicted molar refractivity (Wildman–Crippen MR) is 145 cm³/mol. The van der Waals surface area contributed by atoms with Crippen LogP contribution in [0, 0.1) is 11.8 Å². The average Bonchev–Trinajstić information content (AvgIpc) is 3.47. The third-order valence-corrected chi connectivity index (χ3v) is 8.23. The minimum absolute atomic E-state index is 0.398. The molecule has 3 aliphatic heterocycles. The van der Waals surface area contributed by atoms with Crippen LogP contribution in [0.15, 0.2) is 34.5 Å². The molecule has 3 heterocycles. The van der Waals surface area contributed by atoms with Crippen molar-refractivity contribution in [2.24, 2.45) is 22.0 Å². The van der Waals surface area contributed by atoms with Gasteiger partial charge in [0, 0.05) is 62.0 Å². The molecule has 36 heavy (non-hydrogen) atoms. The fourth-order valence-corrected chi connectivity index (χ4v) is 5.94. The molecule has 0 saturated carbocycles. The van der Waals surface area contributed by atoms with Gasteiger partial charge in [0.25, 0.3) is 0 Å². The summed E-state index contributed by atoms with van der Waals surface area (Å²) >= 11 is 1.76. The van der Waals surface area contributed by atoms with Gasteiger partial charge in [-0.1, -0.05) is 13.8 Å². The number of alkyl halides is 3. The Balaban J connectivity index is 0.00000176. The molecule has 2 atom stereocenters. The Labute approximate surface area is 218 Å². The maximum atomic E-state index is 12.9. The number of hydrogen-bond acceptors (Lipinski definition) is 6. The van der Waals surface area contributed by atoms with Crippen molar-refractivity contribution < 1.29 is 17.9 Å². The van der Waals surface area contributed by atoms with E-state index in [1.165, 1.54) is 12.1 Å². The highest BCUT2D eigenvalue weighted by molar-refractivity contribution is 8.13. The fraction of sp³-hybridized carbons (Fsp3) is 0.704. The van der Waals surface area contributed by atoms with Gasteiger partial charge in [-0.2, -0.15) is 18.3 Å². The lowest BCUT2D eigenvalue weighted by molar-refractivity contribution is -0.137. The van der Waals surface area contributed by atoms with Crippen molar-refractivity contribution in [3.8, 4) is 0 Å². The second-order valence-electron chi connectivity index (χ2n) is 9.56. The molecule has 3 saturated heterocycles. The van der Waals surface area contributed by atoms with Gasteiger partial charge in [0.15, 0.2) is 0 Å². The summed E-state index contributed by atoms with van der Waals surface area (Å²) in [5.74, 6) is 2.10. The van der Waals surface area contributed by atoms with Gasteiger partial charge in [-0.15, -0.1) is 16.9 Å². The quantitative estimate of drug-likeness (QED) is 0.174. The average molecular weight is 527 g/mol. The van der Waals surface area contributed by atoms with Crippen LogP contribution in [0.2, 0.25) is 0 Å². The lowest BCUT2D eigenvalue weighted by Crippen LogP contribution is -2.35. The number of anilines is 1. The SMILES string of the molecule is C/C(=N\N=C(/C)C1CCOCC1)SCCCN1CC2CCN(c3ccc(C(F)(F)F)cc3)C2C1.CC. The van der Waals surface area contributed by atoms with Gasteiger partial charge in [-0.3, -0.25) is 0 Å². The van der Waals surface area contributed by atoms with Gasteiger partial charge in [0.2, 0.25) is 0 Å². The van der Waals surface area contributed by atoms with Gasteiger partial charge in [-0.25, -0.2) is 0 Å². The zero-order chi connectivity index (χ0) is 26.1. The van der Waals surface area contributed by atoms with Crippen molar-refractivity contribution in [2.45, 2.75) is 65.6 Å². The molecule has 2 unspecified atom stereocenters. The molecule has 1 aromatic carbocycles. The Morgan fingerprint density at radius 2 is 1.72 bits per heavy atom. The smallest absolute Gasteiger partial charge is 0.381 e. The number of fused-ring (bicyclic) bond motifs is 1. The summed E-state index contributed by atoms with van der Waals surface area (Å²) in [7, 11) is 0. The second kappa shape index (κ2) is 13.8. The molecule has 9 heteroatoms. The number of thioether (sulfide) groups is 1. The molecular formula is C27H41F3N4OS. The number of hydrogen-bond donors (Lipinski definition) is 0. The van der Waals surface area contributed by atoms with Crippen molar-refractivity contribution in [1.82, 2.24) is 4.90 Å². The molecule has 0 amide bonds. The summed E-state index contributed by atoms with van der Waals surface area (Å²) in [5.41, 5.74) is 1.42. The molecular weight excluding hydrogens is 485 g/mol. The molecule has 3 fully saturated rings. The first-order chi connectivity index (χ1) is 17.3. The molecule has 0 aromatic heterocycles. The molecule has 1 aromatic rings. The zero-order valence-corrected chi connectivity index (χ0v) is 22.9. The first-order valence-electron chi connectivity index (χ1n) is 13.3. The van der Waals surface area contributed by atoms with E-state index in [4.69, 9.17) is 4.74 Å². The zero-order valence-electron chi connectivity index (χ0n) is 22.1. The van der Waals surface area contributed by atoms with E-state index in [9.17, 15) is 13.2 Å². The van der Waals surface area contributed by atoms with Gasteiger partial charge >= 0.3 is 6.18 Å². The molecule has 0 radical (unpaired) electrons. The number of halogens is 3. The maximum Gasteiger partial charge on any atom is 0.416 e. The van der Waals surface area contributed by atoms with Crippen LogP contribution in [0.3, 0.4) is 0 Å². The van der Waals surface area contributed by atoms with E-state index < -0.39 is 11.7 Å². The Morgan fingerprint density at radius 1 is 1.03 bits per heavy atom. The van der Waals surface area contributed by atoms with Crippen molar-refractivity contribution in [3.63, 3.8) is 0 Å². The van der Waals surface area contributed by atoms with Gasteiger partial charge in [0.05, 0.1) is 10.6 Å². The summed E-state index contributed by atoms with van der Waals surface area (Å²) in [5, 5.41) is 9.86. The Bertz CT molecular complexity index is 869. The van der Waals surface area contributed by atoms with E-state index in [0.29, 0.717) is 17.9 Å². The molecule has 0 N–H and O–H groups in total. The normalized spacial score (nSPS) is 24.0. The Kier molecular flexibility index (Phi) is 11.1. The molecule has 0 bridgehead atoms. The largest absolute Gasteiger partial charge is 0.416 e. The molecule has 202 valence electrons. The maximum absolute atomic E-state index is 12.9. The Hall–Kier alpha value is -1.58. The highest BCUT2D eigenvalue weighted by Crippen LogP contribution is 2.37. The summed E-state index contributed by atoms with van der Waals surface area (Å²) in [6.45, 7) is 13.7. The molecule has 4 rings (SSSR count). The van der Waals surface area contributed by atoms with Crippen LogP contribution in [0.25, 0.3) is 0 Å². The van der Waals surface area contributed by atoms with Gasteiger partial charge in [0.1, 0.15) is 0 Å². The van der Waals surface area contributed by atoms with Crippen molar-refractivity contribution in [3.05, 3.63) is 29.8 Å². The van der Waals surface area contributed by atoms with Crippen LogP contribution in [-0.2, 0) is 10.9 Å². The standard InChI is InChI=1S/C25H35F3N4OS.C2H6/c1-18(20-9-13-33-14-10-20)29-30-19(2)34-15-3-11-31-16-21-8-12-32(24(21)17-31)23-6-4-22(5-7-23)25(26,27)28;1-2/h4-7,20-21,24H,3,8-17H2,1-2H3;1-2H3/b29-18+,30-19+;. The van der Waals surface area contributed by atoms with E-state index in [1.807, 2.05) is 20.8 Å². The van der Waals surface area contributed by atoms with Crippen LogP contribution in [-0.4, -0.2) is 66.8 Å². The minimum atomic E-state index is -4.28. The lowest BCUT2D eigenvalue weighted by Gasteiger charge is -2.27. The van der Waals surface area contributed by atoms with E-state index in [2.05, 4.69) is 26.9 Å². The third kappa shape index (κ3) is 7.96. The summed E-state index contributed by atoms with van der Waals surface area (Å²) < 4.78 is 44.0. The number of benzene rings is 1. The first-order valence-corrected chi connectivity index (χ1v) is 14.3. The van der Waals surface area contributed by atoms with E-state index in [1.54, 1.807) is 23.9 Å². The van der Waals surface area contributed by atoms with E-state index >= 15 is 0 Å². The fourth-order valence-electron chi connectivity index (χ4n) is 5.28. The lowest BCUT2D eigenvalue weighted by atomic mass is 9.96. The van der Waals surface area contributed by atoms with Gasteiger partial charge < -0.3 is 14.5 Å². The summed E-state index contributed by atoms with van der Waals surface area (Å²) in [6, 6.07) is 6.05. The molecule has 3 aliphatic rings. The monoisotopic (exact) mass is 526 g/mol. The molecule has 0 aliphatic carbocycles. The van der Waals surface area contributed by atoms with Gasteiger partial charge in [-0.05, 0) is 76.3 Å². The van der Waals surface area contributed by atoms with Crippen LogP contribution in [0.4, 0.5) is 18.9 Å². The molecule has 0 spiro atoms.